The molecule has 1 rings (SSSR count). The number of rotatable bonds is 12. The van der Waals surface area contributed by atoms with E-state index in [9.17, 15) is 19.2 Å². The number of carbonyl (C=O) groups is 4. The van der Waals surface area contributed by atoms with Crippen LogP contribution in [0.3, 0.4) is 0 Å². The Bertz CT molecular complexity index is 1020. The van der Waals surface area contributed by atoms with Crippen LogP contribution in [-0.4, -0.2) is 56.7 Å². The largest absolute Gasteiger partial charge is 0.513 e. The highest BCUT2D eigenvalue weighted by atomic mass is 16.7. The van der Waals surface area contributed by atoms with Gasteiger partial charge in [0.25, 0.3) is 0 Å². The van der Waals surface area contributed by atoms with Gasteiger partial charge in [-0.2, -0.15) is 0 Å². The topological polar surface area (TPSA) is 150 Å². The van der Waals surface area contributed by atoms with Crippen molar-refractivity contribution in [2.45, 2.75) is 80.2 Å². The predicted octanol–water partition coefficient (Wildman–Crippen LogP) is 5.20. The van der Waals surface area contributed by atoms with E-state index in [4.69, 9.17) is 34.2 Å². The summed E-state index contributed by atoms with van der Waals surface area (Å²) >= 11 is 0. The van der Waals surface area contributed by atoms with Crippen LogP contribution < -0.4 is 15.2 Å². The minimum atomic E-state index is -1.57. The fourth-order valence-electron chi connectivity index (χ4n) is 3.09. The van der Waals surface area contributed by atoms with E-state index >= 15 is 0 Å². The maximum Gasteiger partial charge on any atom is 0.513 e. The van der Waals surface area contributed by atoms with Gasteiger partial charge in [-0.05, 0) is 34.9 Å². The van der Waals surface area contributed by atoms with Gasteiger partial charge in [0, 0.05) is 12.8 Å². The summed E-state index contributed by atoms with van der Waals surface area (Å²) in [6, 6.07) is 4.34. The van der Waals surface area contributed by atoms with Crippen molar-refractivity contribution in [2.24, 2.45) is 22.5 Å². The molecule has 1 aromatic carbocycles. The van der Waals surface area contributed by atoms with Gasteiger partial charge in [-0.25, -0.2) is 9.59 Å². The van der Waals surface area contributed by atoms with Crippen molar-refractivity contribution in [1.29, 1.82) is 0 Å². The lowest BCUT2D eigenvalue weighted by atomic mass is 9.88. The van der Waals surface area contributed by atoms with Crippen molar-refractivity contribution >= 4 is 24.2 Å². The summed E-state index contributed by atoms with van der Waals surface area (Å²) in [5, 5.41) is 0. The van der Waals surface area contributed by atoms with E-state index in [1.165, 1.54) is 19.2 Å². The Morgan fingerprint density at radius 3 is 1.85 bits per heavy atom. The maximum absolute atomic E-state index is 12.6. The first-order valence-electron chi connectivity index (χ1n) is 13.2. The Kier molecular flexibility index (Phi) is 12.9. The number of carbonyl (C=O) groups excluding carboxylic acids is 4. The first kappa shape index (κ1) is 34.7. The lowest BCUT2D eigenvalue weighted by Gasteiger charge is -2.27. The molecule has 0 radical (unpaired) electrons. The summed E-state index contributed by atoms with van der Waals surface area (Å²) in [6.45, 7) is 15.0. The van der Waals surface area contributed by atoms with Gasteiger partial charge in [-0.3, -0.25) is 9.59 Å². The smallest absolute Gasteiger partial charge is 0.468 e. The lowest BCUT2D eigenvalue weighted by Crippen LogP contribution is -2.51. The normalized spacial score (nSPS) is 13.8. The molecule has 0 saturated heterocycles. The summed E-state index contributed by atoms with van der Waals surface area (Å²) in [6.07, 6.45) is -1.47. The van der Waals surface area contributed by atoms with Crippen molar-refractivity contribution in [3.63, 3.8) is 0 Å². The van der Waals surface area contributed by atoms with E-state index < -0.39 is 23.8 Å². The summed E-state index contributed by atoms with van der Waals surface area (Å²) in [7, 11) is 1.20. The monoisotopic (exact) mass is 567 g/mol. The van der Waals surface area contributed by atoms with Crippen LogP contribution in [0.2, 0.25) is 0 Å². The standard InChI is InChI=1S/C29H45NO10/c1-10-19(2)23(31)36-14-13-29(30,24(32)35-9)16-20-11-12-21(39-25(33)37-17-27(3,4)5)22(15-20)40-26(34)38-18-28(6,7)8/h11-12,15,19H,10,13-14,16-18,30H2,1-9H3/t19-,29?/m0/s1. The number of esters is 2. The third-order valence-electron chi connectivity index (χ3n) is 5.56. The third kappa shape index (κ3) is 12.7. The van der Waals surface area contributed by atoms with Crippen molar-refractivity contribution < 1.29 is 47.6 Å². The molecule has 11 nitrogen and oxygen atoms in total. The molecule has 1 aromatic rings. The van der Waals surface area contributed by atoms with Crippen LogP contribution in [0.4, 0.5) is 9.59 Å². The molecule has 2 atom stereocenters. The second-order valence-corrected chi connectivity index (χ2v) is 12.2. The summed E-state index contributed by atoms with van der Waals surface area (Å²) in [4.78, 5) is 49.4. The van der Waals surface area contributed by atoms with E-state index in [1.54, 1.807) is 13.0 Å². The average molecular weight is 568 g/mol. The molecule has 0 bridgehead atoms. The van der Waals surface area contributed by atoms with Crippen molar-refractivity contribution in [3.05, 3.63) is 23.8 Å². The summed E-state index contributed by atoms with van der Waals surface area (Å²) in [5.41, 5.74) is 4.71. The van der Waals surface area contributed by atoms with Crippen molar-refractivity contribution in [2.75, 3.05) is 26.9 Å². The first-order valence-corrected chi connectivity index (χ1v) is 13.2. The van der Waals surface area contributed by atoms with Gasteiger partial charge >= 0.3 is 24.2 Å². The zero-order chi connectivity index (χ0) is 30.7. The molecule has 11 heteroatoms. The highest BCUT2D eigenvalue weighted by molar-refractivity contribution is 5.81. The van der Waals surface area contributed by atoms with Gasteiger partial charge < -0.3 is 34.2 Å². The second kappa shape index (κ2) is 14.9. The Balaban J connectivity index is 3.20. The molecule has 0 aliphatic heterocycles. The molecule has 0 spiro atoms. The van der Waals surface area contributed by atoms with Crippen LogP contribution in [0, 0.1) is 16.7 Å². The third-order valence-corrected chi connectivity index (χ3v) is 5.56. The SMILES string of the molecule is CC[C@H](C)C(=O)OCCC(N)(Cc1ccc(OC(=O)OCC(C)(C)C)c(OC(=O)OCC(C)(C)C)c1)C(=O)OC. The Labute approximate surface area is 236 Å². The summed E-state index contributed by atoms with van der Waals surface area (Å²) in [5.74, 6) is -1.63. The fraction of sp³-hybridized carbons (Fsp3) is 0.655. The first-order chi connectivity index (χ1) is 18.4. The van der Waals surface area contributed by atoms with Gasteiger partial charge in [0.15, 0.2) is 11.5 Å². The minimum Gasteiger partial charge on any atom is -0.468 e. The molecule has 0 saturated carbocycles. The number of hydrogen-bond donors (Lipinski definition) is 1. The quantitative estimate of drug-likeness (QED) is 0.202. The molecule has 226 valence electrons. The number of ether oxygens (including phenoxy) is 6. The van der Waals surface area contributed by atoms with E-state index in [2.05, 4.69) is 0 Å². The predicted molar refractivity (Wildman–Crippen MR) is 147 cm³/mol. The van der Waals surface area contributed by atoms with Crippen LogP contribution in [0.5, 0.6) is 11.5 Å². The van der Waals surface area contributed by atoms with Gasteiger partial charge in [-0.1, -0.05) is 61.5 Å². The Morgan fingerprint density at radius 2 is 1.38 bits per heavy atom. The van der Waals surface area contributed by atoms with Crippen LogP contribution >= 0.6 is 0 Å². The van der Waals surface area contributed by atoms with Gasteiger partial charge in [0.1, 0.15) is 5.54 Å². The summed E-state index contributed by atoms with van der Waals surface area (Å²) < 4.78 is 31.2. The van der Waals surface area contributed by atoms with Gasteiger partial charge in [0.05, 0.1) is 32.8 Å². The van der Waals surface area contributed by atoms with Crippen LogP contribution in [0.25, 0.3) is 0 Å². The van der Waals surface area contributed by atoms with Crippen LogP contribution in [0.15, 0.2) is 18.2 Å². The molecule has 0 aromatic heterocycles. The fourth-order valence-corrected chi connectivity index (χ4v) is 3.09. The van der Waals surface area contributed by atoms with Crippen LogP contribution in [0.1, 0.15) is 73.8 Å². The van der Waals surface area contributed by atoms with Gasteiger partial charge in [-0.15, -0.1) is 0 Å². The number of hydrogen-bond acceptors (Lipinski definition) is 11. The molecule has 40 heavy (non-hydrogen) atoms. The van der Waals surface area contributed by atoms with E-state index in [-0.39, 0.29) is 66.9 Å². The van der Waals surface area contributed by atoms with E-state index in [1.807, 2.05) is 48.5 Å². The molecular weight excluding hydrogens is 522 g/mol. The molecule has 0 aliphatic rings. The number of methoxy groups -OCH3 is 1. The number of nitrogens with two attached hydrogens (primary N) is 1. The zero-order valence-electron chi connectivity index (χ0n) is 25.2. The highest BCUT2D eigenvalue weighted by Gasteiger charge is 2.36. The van der Waals surface area contributed by atoms with Crippen LogP contribution in [-0.2, 0) is 35.0 Å². The molecule has 2 N–H and O–H groups in total. The molecule has 1 unspecified atom stereocenters. The molecule has 0 fully saturated rings. The average Bonchev–Trinajstić information content (AvgIpc) is 2.85. The molecule has 0 aliphatic carbocycles. The maximum atomic E-state index is 12.6. The van der Waals surface area contributed by atoms with Gasteiger partial charge in [0.2, 0.25) is 0 Å². The minimum absolute atomic E-state index is 0.0248. The Hall–Kier alpha value is -3.34. The lowest BCUT2D eigenvalue weighted by molar-refractivity contribution is -0.153. The molecule has 0 amide bonds. The highest BCUT2D eigenvalue weighted by Crippen LogP contribution is 2.32. The molecular formula is C29H45NO10. The van der Waals surface area contributed by atoms with Crippen molar-refractivity contribution in [1.82, 2.24) is 0 Å². The van der Waals surface area contributed by atoms with E-state index in [0.717, 1.165) is 0 Å². The Morgan fingerprint density at radius 1 is 0.850 bits per heavy atom. The number of benzene rings is 1. The molecule has 0 heterocycles. The zero-order valence-corrected chi connectivity index (χ0v) is 25.2. The van der Waals surface area contributed by atoms with E-state index in [0.29, 0.717) is 12.0 Å². The van der Waals surface area contributed by atoms with Crippen molar-refractivity contribution in [3.8, 4) is 11.5 Å². The second-order valence-electron chi connectivity index (χ2n) is 12.2.